The van der Waals surface area contributed by atoms with Crippen LogP contribution in [0.1, 0.15) is 50.4 Å². The molecule has 1 unspecified atom stereocenters. The molecular weight excluding hydrogens is 256 g/mol. The molecule has 1 heterocycles. The topological polar surface area (TPSA) is 64.3 Å². The van der Waals surface area contributed by atoms with Crippen LogP contribution in [0.2, 0.25) is 0 Å². The van der Waals surface area contributed by atoms with Crippen LogP contribution < -0.4 is 0 Å². The van der Waals surface area contributed by atoms with Crippen molar-refractivity contribution in [2.75, 3.05) is 6.61 Å². The van der Waals surface area contributed by atoms with Crippen molar-refractivity contribution in [3.8, 4) is 0 Å². The van der Waals surface area contributed by atoms with Crippen molar-refractivity contribution in [1.29, 1.82) is 0 Å². The molecule has 0 aliphatic heterocycles. The van der Waals surface area contributed by atoms with Gasteiger partial charge in [-0.3, -0.25) is 0 Å². The lowest BCUT2D eigenvalue weighted by Gasteiger charge is -2.20. The number of esters is 1. The van der Waals surface area contributed by atoms with Gasteiger partial charge in [-0.25, -0.2) is 9.48 Å². The molecule has 0 amide bonds. The molecule has 1 aromatic rings. The summed E-state index contributed by atoms with van der Waals surface area (Å²) in [6.45, 7) is 5.75. The molecule has 5 heteroatoms. The summed E-state index contributed by atoms with van der Waals surface area (Å²) < 4.78 is 7.04. The molecule has 0 radical (unpaired) electrons. The van der Waals surface area contributed by atoms with Crippen LogP contribution in [-0.4, -0.2) is 33.1 Å². The number of allylic oxidation sites excluding steroid dienone is 2. The van der Waals surface area contributed by atoms with Crippen molar-refractivity contribution in [3.05, 3.63) is 24.0 Å². The van der Waals surface area contributed by atoms with E-state index in [0.29, 0.717) is 11.5 Å². The van der Waals surface area contributed by atoms with Gasteiger partial charge in [0, 0.05) is 18.5 Å². The maximum absolute atomic E-state index is 11.9. The standard InChI is InChI=1S/C15H22N2O3/c1-15(2,3)20-14(19)12-8-16-17(9-12)13-6-4-11(10-18)5-7-13/h6,8-9,11,18H,4-5,7,10H2,1-3H3. The van der Waals surface area contributed by atoms with Gasteiger partial charge >= 0.3 is 5.97 Å². The Kier molecular flexibility index (Phi) is 4.28. The van der Waals surface area contributed by atoms with Crippen LogP contribution in [0.5, 0.6) is 0 Å². The van der Waals surface area contributed by atoms with Gasteiger partial charge in [-0.1, -0.05) is 6.08 Å². The highest BCUT2D eigenvalue weighted by molar-refractivity contribution is 5.89. The summed E-state index contributed by atoms with van der Waals surface area (Å²) in [5, 5.41) is 13.3. The summed E-state index contributed by atoms with van der Waals surface area (Å²) in [6, 6.07) is 0. The number of carbonyl (C=O) groups excluding carboxylic acids is 1. The number of aliphatic hydroxyl groups is 1. The van der Waals surface area contributed by atoms with Crippen molar-refractivity contribution in [2.45, 2.75) is 45.6 Å². The first-order chi connectivity index (χ1) is 9.39. The molecule has 2 rings (SSSR count). The van der Waals surface area contributed by atoms with Gasteiger partial charge in [0.25, 0.3) is 0 Å². The summed E-state index contributed by atoms with van der Waals surface area (Å²) in [7, 11) is 0. The normalized spacial score (nSPS) is 19.6. The average molecular weight is 278 g/mol. The lowest BCUT2D eigenvalue weighted by Crippen LogP contribution is -2.23. The average Bonchev–Trinajstić information content (AvgIpc) is 2.86. The predicted molar refractivity (Wildman–Crippen MR) is 76.1 cm³/mol. The van der Waals surface area contributed by atoms with E-state index in [2.05, 4.69) is 11.2 Å². The Labute approximate surface area is 119 Å². The Bertz CT molecular complexity index is 511. The van der Waals surface area contributed by atoms with Crippen molar-refractivity contribution >= 4 is 11.7 Å². The first-order valence-electron chi connectivity index (χ1n) is 6.97. The number of rotatable bonds is 3. The summed E-state index contributed by atoms with van der Waals surface area (Å²) in [5.74, 6) is -0.00645. The molecule has 0 bridgehead atoms. The van der Waals surface area contributed by atoms with Crippen LogP contribution in [0.15, 0.2) is 18.5 Å². The van der Waals surface area contributed by atoms with E-state index in [1.807, 2.05) is 20.8 Å². The Hall–Kier alpha value is -1.62. The Morgan fingerprint density at radius 3 is 2.85 bits per heavy atom. The summed E-state index contributed by atoms with van der Waals surface area (Å²) in [4.78, 5) is 11.9. The Morgan fingerprint density at radius 1 is 1.55 bits per heavy atom. The highest BCUT2D eigenvalue weighted by Gasteiger charge is 2.20. The Balaban J connectivity index is 2.06. The zero-order valence-electron chi connectivity index (χ0n) is 12.3. The molecule has 0 fully saturated rings. The number of carbonyl (C=O) groups is 1. The van der Waals surface area contributed by atoms with E-state index in [4.69, 9.17) is 9.84 Å². The number of nitrogens with zero attached hydrogens (tertiary/aromatic N) is 2. The maximum atomic E-state index is 11.9. The third-order valence-corrected chi connectivity index (χ3v) is 3.27. The third-order valence-electron chi connectivity index (χ3n) is 3.27. The number of aliphatic hydroxyl groups excluding tert-OH is 1. The second-order valence-corrected chi connectivity index (χ2v) is 6.19. The summed E-state index contributed by atoms with van der Waals surface area (Å²) >= 11 is 0. The van der Waals surface area contributed by atoms with E-state index >= 15 is 0 Å². The van der Waals surface area contributed by atoms with Crippen molar-refractivity contribution < 1.29 is 14.6 Å². The molecule has 1 aromatic heterocycles. The number of aromatic nitrogens is 2. The van der Waals surface area contributed by atoms with Crippen LogP contribution in [0.25, 0.3) is 5.70 Å². The lowest BCUT2D eigenvalue weighted by atomic mass is 9.93. The molecule has 1 N–H and O–H groups in total. The summed E-state index contributed by atoms with van der Waals surface area (Å²) in [6.07, 6.45) is 7.99. The lowest BCUT2D eigenvalue weighted by molar-refractivity contribution is 0.00695. The van der Waals surface area contributed by atoms with Gasteiger partial charge in [0.15, 0.2) is 0 Å². The molecule has 0 saturated heterocycles. The zero-order valence-corrected chi connectivity index (χ0v) is 12.3. The van der Waals surface area contributed by atoms with Crippen molar-refractivity contribution in [2.24, 2.45) is 5.92 Å². The number of ether oxygens (including phenoxy) is 1. The van der Waals surface area contributed by atoms with E-state index in [0.717, 1.165) is 25.0 Å². The van der Waals surface area contributed by atoms with Crippen LogP contribution in [0, 0.1) is 5.92 Å². The fourth-order valence-electron chi connectivity index (χ4n) is 2.17. The first kappa shape index (κ1) is 14.8. The van der Waals surface area contributed by atoms with Crippen LogP contribution in [0.3, 0.4) is 0 Å². The smallest absolute Gasteiger partial charge is 0.341 e. The van der Waals surface area contributed by atoms with Gasteiger partial charge in [-0.05, 0) is 46.0 Å². The monoisotopic (exact) mass is 278 g/mol. The minimum absolute atomic E-state index is 0.228. The van der Waals surface area contributed by atoms with Gasteiger partial charge in [-0.15, -0.1) is 0 Å². The van der Waals surface area contributed by atoms with Crippen molar-refractivity contribution in [3.63, 3.8) is 0 Å². The second-order valence-electron chi connectivity index (χ2n) is 6.19. The van der Waals surface area contributed by atoms with Gasteiger partial charge in [0.05, 0.1) is 11.8 Å². The molecule has 0 aromatic carbocycles. The zero-order chi connectivity index (χ0) is 14.8. The van der Waals surface area contributed by atoms with E-state index in [1.165, 1.54) is 6.20 Å². The fraction of sp³-hybridized carbons (Fsp3) is 0.600. The van der Waals surface area contributed by atoms with Crippen LogP contribution >= 0.6 is 0 Å². The molecule has 0 spiro atoms. The predicted octanol–water partition coefficient (Wildman–Crippen LogP) is 2.47. The molecule has 1 aliphatic rings. The molecular formula is C15H22N2O3. The third kappa shape index (κ3) is 3.70. The Morgan fingerprint density at radius 2 is 2.30 bits per heavy atom. The van der Waals surface area contributed by atoms with Crippen LogP contribution in [-0.2, 0) is 4.74 Å². The molecule has 110 valence electrons. The SMILES string of the molecule is CC(C)(C)OC(=O)c1cnn(C2=CCC(CO)CC2)c1. The van der Waals surface area contributed by atoms with Gasteiger partial charge in [-0.2, -0.15) is 5.10 Å². The van der Waals surface area contributed by atoms with E-state index in [9.17, 15) is 4.79 Å². The van der Waals surface area contributed by atoms with E-state index in [-0.39, 0.29) is 12.6 Å². The largest absolute Gasteiger partial charge is 0.456 e. The number of hydrogen-bond donors (Lipinski definition) is 1. The molecule has 1 atom stereocenters. The minimum atomic E-state index is -0.502. The molecule has 20 heavy (non-hydrogen) atoms. The fourth-order valence-corrected chi connectivity index (χ4v) is 2.17. The summed E-state index contributed by atoms with van der Waals surface area (Å²) in [5.41, 5.74) is 1.03. The van der Waals surface area contributed by atoms with E-state index < -0.39 is 5.60 Å². The quantitative estimate of drug-likeness (QED) is 0.863. The minimum Gasteiger partial charge on any atom is -0.456 e. The first-order valence-corrected chi connectivity index (χ1v) is 6.97. The number of hydrogen-bond acceptors (Lipinski definition) is 4. The van der Waals surface area contributed by atoms with E-state index in [1.54, 1.807) is 10.9 Å². The molecule has 5 nitrogen and oxygen atoms in total. The van der Waals surface area contributed by atoms with Crippen molar-refractivity contribution in [1.82, 2.24) is 9.78 Å². The van der Waals surface area contributed by atoms with Gasteiger partial charge in [0.2, 0.25) is 0 Å². The highest BCUT2D eigenvalue weighted by Crippen LogP contribution is 2.26. The van der Waals surface area contributed by atoms with Gasteiger partial charge < -0.3 is 9.84 Å². The van der Waals surface area contributed by atoms with Crippen LogP contribution in [0.4, 0.5) is 0 Å². The second kappa shape index (κ2) is 5.79. The van der Waals surface area contributed by atoms with Gasteiger partial charge in [0.1, 0.15) is 5.60 Å². The molecule has 0 saturated carbocycles. The highest BCUT2D eigenvalue weighted by atomic mass is 16.6. The molecule has 1 aliphatic carbocycles. The maximum Gasteiger partial charge on any atom is 0.341 e.